The van der Waals surface area contributed by atoms with E-state index in [-0.39, 0.29) is 28.5 Å². The van der Waals surface area contributed by atoms with Gasteiger partial charge in [0.05, 0.1) is 10.9 Å². The van der Waals surface area contributed by atoms with Crippen molar-refractivity contribution >= 4 is 23.4 Å². The predicted molar refractivity (Wildman–Crippen MR) is 73.8 cm³/mol. The maximum Gasteiger partial charge on any atom is 0.251 e. The molecule has 0 aromatic heterocycles. The molecule has 3 N–H and O–H groups in total. The Morgan fingerprint density at radius 2 is 2.00 bits per heavy atom. The van der Waals surface area contributed by atoms with Gasteiger partial charge in [0.25, 0.3) is 5.91 Å². The van der Waals surface area contributed by atoms with Gasteiger partial charge < -0.3 is 11.1 Å². The first-order chi connectivity index (χ1) is 9.49. The van der Waals surface area contributed by atoms with E-state index >= 15 is 0 Å². The fourth-order valence-electron chi connectivity index (χ4n) is 2.53. The molecule has 1 aliphatic rings. The predicted octanol–water partition coefficient (Wildman–Crippen LogP) is 2.25. The van der Waals surface area contributed by atoms with Crippen LogP contribution in [0.3, 0.4) is 0 Å². The summed E-state index contributed by atoms with van der Waals surface area (Å²) in [6, 6.07) is 3.51. The van der Waals surface area contributed by atoms with Crippen LogP contribution in [0, 0.1) is 11.7 Å². The molecule has 0 unspecified atom stereocenters. The van der Waals surface area contributed by atoms with Crippen molar-refractivity contribution in [2.45, 2.75) is 31.7 Å². The lowest BCUT2D eigenvalue weighted by Crippen LogP contribution is -2.47. The van der Waals surface area contributed by atoms with E-state index in [0.717, 1.165) is 18.9 Å². The molecule has 1 aromatic carbocycles. The molecule has 2 rings (SSSR count). The quantitative estimate of drug-likeness (QED) is 0.898. The molecule has 20 heavy (non-hydrogen) atoms. The third kappa shape index (κ3) is 3.28. The fourth-order valence-corrected chi connectivity index (χ4v) is 2.71. The number of benzene rings is 1. The van der Waals surface area contributed by atoms with Gasteiger partial charge in [-0.1, -0.05) is 24.4 Å². The average Bonchev–Trinajstić information content (AvgIpc) is 2.42. The number of hydrogen-bond acceptors (Lipinski definition) is 2. The van der Waals surface area contributed by atoms with Gasteiger partial charge in [-0.05, 0) is 31.0 Å². The monoisotopic (exact) mass is 298 g/mol. The molecule has 0 radical (unpaired) electrons. The number of hydrogen-bond donors (Lipinski definition) is 2. The van der Waals surface area contributed by atoms with Gasteiger partial charge in [-0.2, -0.15) is 0 Å². The van der Waals surface area contributed by atoms with Gasteiger partial charge in [0.15, 0.2) is 0 Å². The van der Waals surface area contributed by atoms with E-state index in [4.69, 9.17) is 17.3 Å². The second kappa shape index (κ2) is 6.22. The van der Waals surface area contributed by atoms with Crippen LogP contribution in [0.4, 0.5) is 4.39 Å². The van der Waals surface area contributed by atoms with E-state index in [1.165, 1.54) is 12.1 Å². The van der Waals surface area contributed by atoms with E-state index in [0.29, 0.717) is 12.8 Å². The van der Waals surface area contributed by atoms with E-state index in [1.807, 2.05) is 0 Å². The van der Waals surface area contributed by atoms with Gasteiger partial charge in [0.2, 0.25) is 5.91 Å². The van der Waals surface area contributed by atoms with E-state index in [2.05, 4.69) is 5.32 Å². The Morgan fingerprint density at radius 3 is 2.65 bits per heavy atom. The van der Waals surface area contributed by atoms with Crippen LogP contribution < -0.4 is 11.1 Å². The summed E-state index contributed by atoms with van der Waals surface area (Å²) in [5, 5.41) is 2.69. The molecular weight excluding hydrogens is 283 g/mol. The topological polar surface area (TPSA) is 72.2 Å². The maximum atomic E-state index is 13.1. The average molecular weight is 299 g/mol. The highest BCUT2D eigenvalue weighted by atomic mass is 35.5. The molecule has 2 atom stereocenters. The molecule has 1 saturated carbocycles. The van der Waals surface area contributed by atoms with Gasteiger partial charge in [-0.25, -0.2) is 4.39 Å². The highest BCUT2D eigenvalue weighted by Gasteiger charge is 2.30. The van der Waals surface area contributed by atoms with Crippen LogP contribution in [0.25, 0.3) is 0 Å². The summed E-state index contributed by atoms with van der Waals surface area (Å²) in [5.41, 5.74) is 5.62. The van der Waals surface area contributed by atoms with E-state index in [1.54, 1.807) is 0 Å². The van der Waals surface area contributed by atoms with Crippen molar-refractivity contribution in [1.29, 1.82) is 0 Å². The Balaban J connectivity index is 2.09. The van der Waals surface area contributed by atoms with Crippen LogP contribution in [-0.4, -0.2) is 17.9 Å². The highest BCUT2D eigenvalue weighted by Crippen LogP contribution is 2.25. The summed E-state index contributed by atoms with van der Waals surface area (Å²) < 4.78 is 13.1. The van der Waals surface area contributed by atoms with Crippen LogP contribution in [0.1, 0.15) is 36.0 Å². The van der Waals surface area contributed by atoms with Gasteiger partial charge in [-0.3, -0.25) is 9.59 Å². The number of primary amides is 1. The van der Waals surface area contributed by atoms with Crippen molar-refractivity contribution in [2.75, 3.05) is 0 Å². The van der Waals surface area contributed by atoms with Crippen molar-refractivity contribution in [1.82, 2.24) is 5.32 Å². The Labute approximate surface area is 121 Å². The maximum absolute atomic E-state index is 13.1. The zero-order chi connectivity index (χ0) is 14.7. The molecule has 0 spiro atoms. The van der Waals surface area contributed by atoms with Gasteiger partial charge in [0.1, 0.15) is 5.82 Å². The summed E-state index contributed by atoms with van der Waals surface area (Å²) in [7, 11) is 0. The molecule has 4 nitrogen and oxygen atoms in total. The van der Waals surface area contributed by atoms with Gasteiger partial charge in [0, 0.05) is 11.6 Å². The summed E-state index contributed by atoms with van der Waals surface area (Å²) in [4.78, 5) is 23.5. The number of carbonyl (C=O) groups excluding carboxylic acids is 2. The molecule has 1 aromatic rings. The minimum atomic E-state index is -0.573. The Morgan fingerprint density at radius 1 is 1.30 bits per heavy atom. The Hall–Kier alpha value is -1.62. The number of nitrogens with two attached hydrogens (primary N) is 1. The van der Waals surface area contributed by atoms with Crippen molar-refractivity contribution < 1.29 is 14.0 Å². The third-order valence-electron chi connectivity index (χ3n) is 3.63. The molecule has 0 bridgehead atoms. The van der Waals surface area contributed by atoms with Crippen LogP contribution in [-0.2, 0) is 4.79 Å². The number of nitrogens with one attached hydrogen (secondary N) is 1. The van der Waals surface area contributed by atoms with Gasteiger partial charge in [-0.15, -0.1) is 0 Å². The molecule has 1 fully saturated rings. The molecular formula is C14H16ClFN2O2. The smallest absolute Gasteiger partial charge is 0.251 e. The zero-order valence-corrected chi connectivity index (χ0v) is 11.6. The van der Waals surface area contributed by atoms with Crippen LogP contribution in [0.15, 0.2) is 18.2 Å². The summed E-state index contributed by atoms with van der Waals surface area (Å²) in [6.07, 6.45) is 3.28. The second-order valence-corrected chi connectivity index (χ2v) is 5.41. The van der Waals surface area contributed by atoms with Crippen molar-refractivity contribution in [3.05, 3.63) is 34.6 Å². The second-order valence-electron chi connectivity index (χ2n) is 5.00. The molecule has 0 saturated heterocycles. The first-order valence-electron chi connectivity index (χ1n) is 6.54. The SMILES string of the molecule is NC(=O)[C@@H]1CCCC[C@@H]1NC(=O)c1ccc(F)c(Cl)c1. The summed E-state index contributed by atoms with van der Waals surface area (Å²) in [5.74, 6) is -1.68. The summed E-state index contributed by atoms with van der Waals surface area (Å²) >= 11 is 5.65. The molecule has 2 amide bonds. The first kappa shape index (κ1) is 14.8. The number of carbonyl (C=O) groups is 2. The third-order valence-corrected chi connectivity index (χ3v) is 3.92. The minimum absolute atomic E-state index is 0.104. The standard InChI is InChI=1S/C14H16ClFN2O2/c15-10-7-8(5-6-11(10)16)14(20)18-12-4-2-1-3-9(12)13(17)19/h5-7,9,12H,1-4H2,(H2,17,19)(H,18,20)/t9-,12+/m1/s1. The molecule has 6 heteroatoms. The first-order valence-corrected chi connectivity index (χ1v) is 6.92. The lowest BCUT2D eigenvalue weighted by molar-refractivity contribution is -0.123. The summed E-state index contributed by atoms with van der Waals surface area (Å²) in [6.45, 7) is 0. The lowest BCUT2D eigenvalue weighted by atomic mass is 9.84. The Bertz CT molecular complexity index is 536. The number of rotatable bonds is 3. The Kier molecular flexibility index (Phi) is 4.60. The van der Waals surface area contributed by atoms with E-state index in [9.17, 15) is 14.0 Å². The van der Waals surface area contributed by atoms with Crippen molar-refractivity contribution in [3.63, 3.8) is 0 Å². The number of amides is 2. The van der Waals surface area contributed by atoms with Gasteiger partial charge >= 0.3 is 0 Å². The molecule has 0 aliphatic heterocycles. The van der Waals surface area contributed by atoms with Crippen molar-refractivity contribution in [2.24, 2.45) is 11.7 Å². The highest BCUT2D eigenvalue weighted by molar-refractivity contribution is 6.31. The van der Waals surface area contributed by atoms with Crippen LogP contribution in [0.5, 0.6) is 0 Å². The molecule has 108 valence electrons. The minimum Gasteiger partial charge on any atom is -0.369 e. The molecule has 0 heterocycles. The van der Waals surface area contributed by atoms with Crippen LogP contribution >= 0.6 is 11.6 Å². The normalized spacial score (nSPS) is 22.3. The van der Waals surface area contributed by atoms with Crippen LogP contribution in [0.2, 0.25) is 5.02 Å². The van der Waals surface area contributed by atoms with Crippen molar-refractivity contribution in [3.8, 4) is 0 Å². The van der Waals surface area contributed by atoms with E-state index < -0.39 is 11.7 Å². The fraction of sp³-hybridized carbons (Fsp3) is 0.429. The largest absolute Gasteiger partial charge is 0.369 e. The molecule has 1 aliphatic carbocycles. The number of halogens is 2. The zero-order valence-electron chi connectivity index (χ0n) is 10.9. The lowest BCUT2D eigenvalue weighted by Gasteiger charge is -2.30.